The molecule has 0 aliphatic carbocycles. The Bertz CT molecular complexity index is 877. The highest BCUT2D eigenvalue weighted by Crippen LogP contribution is 2.20. The van der Waals surface area contributed by atoms with Gasteiger partial charge in [0.1, 0.15) is 5.82 Å². The molecule has 0 saturated heterocycles. The number of likely N-dealkylation sites (N-methyl/N-ethyl adjacent to an activating group) is 1. The average molecular weight is 347 g/mol. The van der Waals surface area contributed by atoms with E-state index in [1.54, 1.807) is 0 Å². The topological polar surface area (TPSA) is 53.9 Å². The van der Waals surface area contributed by atoms with Gasteiger partial charge in [-0.3, -0.25) is 4.98 Å². The van der Waals surface area contributed by atoms with Crippen molar-refractivity contribution in [3.63, 3.8) is 0 Å². The molecular formula is C21H25N5. The summed E-state index contributed by atoms with van der Waals surface area (Å²) in [6.45, 7) is 7.09. The molecule has 26 heavy (non-hydrogen) atoms. The van der Waals surface area contributed by atoms with Gasteiger partial charge in [-0.15, -0.1) is 0 Å². The fourth-order valence-electron chi connectivity index (χ4n) is 2.71. The second kappa shape index (κ2) is 7.95. The predicted octanol–water partition coefficient (Wildman–Crippen LogP) is 4.22. The van der Waals surface area contributed by atoms with Crippen molar-refractivity contribution in [3.8, 4) is 0 Å². The van der Waals surface area contributed by atoms with Crippen molar-refractivity contribution < 1.29 is 0 Å². The molecule has 134 valence electrons. The van der Waals surface area contributed by atoms with Gasteiger partial charge in [-0.25, -0.2) is 4.98 Å². The monoisotopic (exact) mass is 347 g/mol. The lowest BCUT2D eigenvalue weighted by molar-refractivity contribution is 0.853. The molecule has 0 radical (unpaired) electrons. The van der Waals surface area contributed by atoms with Crippen LogP contribution < -0.4 is 10.2 Å². The number of nitrogens with one attached hydrogen (secondary N) is 1. The SMILES string of the molecule is Cc1cc(N(C)CCc2ccncc2)nc(Nc2ccc(C)c(C)c2)n1. The van der Waals surface area contributed by atoms with Gasteiger partial charge in [0.05, 0.1) is 0 Å². The van der Waals surface area contributed by atoms with Crippen LogP contribution in [0.15, 0.2) is 48.8 Å². The minimum absolute atomic E-state index is 0.624. The third-order valence-electron chi connectivity index (χ3n) is 4.48. The van der Waals surface area contributed by atoms with Crippen molar-refractivity contribution >= 4 is 17.5 Å². The summed E-state index contributed by atoms with van der Waals surface area (Å²) in [4.78, 5) is 15.4. The Hall–Kier alpha value is -2.95. The summed E-state index contributed by atoms with van der Waals surface area (Å²) >= 11 is 0. The van der Waals surface area contributed by atoms with Gasteiger partial charge in [0, 0.05) is 43.4 Å². The van der Waals surface area contributed by atoms with E-state index in [2.05, 4.69) is 64.3 Å². The van der Waals surface area contributed by atoms with Crippen LogP contribution in [0.4, 0.5) is 17.5 Å². The molecule has 2 heterocycles. The summed E-state index contributed by atoms with van der Waals surface area (Å²) in [6, 6.07) is 12.4. The molecule has 0 bridgehead atoms. The van der Waals surface area contributed by atoms with Gasteiger partial charge in [-0.1, -0.05) is 6.07 Å². The Balaban J connectivity index is 1.73. The van der Waals surface area contributed by atoms with Gasteiger partial charge in [0.25, 0.3) is 0 Å². The molecule has 0 aliphatic heterocycles. The summed E-state index contributed by atoms with van der Waals surface area (Å²) in [5, 5.41) is 3.32. The fraction of sp³-hybridized carbons (Fsp3) is 0.286. The molecule has 1 aromatic carbocycles. The van der Waals surface area contributed by atoms with Gasteiger partial charge in [-0.2, -0.15) is 4.98 Å². The Morgan fingerprint density at radius 3 is 2.42 bits per heavy atom. The molecule has 5 nitrogen and oxygen atoms in total. The molecule has 0 aliphatic rings. The first-order valence-electron chi connectivity index (χ1n) is 8.81. The lowest BCUT2D eigenvalue weighted by Gasteiger charge is -2.19. The van der Waals surface area contributed by atoms with E-state index >= 15 is 0 Å². The van der Waals surface area contributed by atoms with Crippen molar-refractivity contribution in [2.45, 2.75) is 27.2 Å². The van der Waals surface area contributed by atoms with E-state index in [0.29, 0.717) is 5.95 Å². The molecule has 0 spiro atoms. The van der Waals surface area contributed by atoms with Gasteiger partial charge in [-0.05, 0) is 68.1 Å². The maximum Gasteiger partial charge on any atom is 0.229 e. The summed E-state index contributed by atoms with van der Waals surface area (Å²) in [7, 11) is 2.06. The van der Waals surface area contributed by atoms with Crippen molar-refractivity contribution in [1.29, 1.82) is 0 Å². The lowest BCUT2D eigenvalue weighted by Crippen LogP contribution is -2.22. The predicted molar refractivity (Wildman–Crippen MR) is 107 cm³/mol. The molecule has 3 rings (SSSR count). The van der Waals surface area contributed by atoms with Gasteiger partial charge < -0.3 is 10.2 Å². The zero-order valence-electron chi connectivity index (χ0n) is 15.8. The Morgan fingerprint density at radius 2 is 1.69 bits per heavy atom. The molecule has 0 unspecified atom stereocenters. The quantitative estimate of drug-likeness (QED) is 0.723. The first-order valence-corrected chi connectivity index (χ1v) is 8.81. The van der Waals surface area contributed by atoms with Gasteiger partial charge in [0.15, 0.2) is 0 Å². The molecule has 5 heteroatoms. The van der Waals surface area contributed by atoms with Crippen LogP contribution in [0, 0.1) is 20.8 Å². The minimum Gasteiger partial charge on any atom is -0.359 e. The number of nitrogens with zero attached hydrogens (tertiary/aromatic N) is 4. The van der Waals surface area contributed by atoms with Crippen LogP contribution in [0.3, 0.4) is 0 Å². The van der Waals surface area contributed by atoms with E-state index in [1.807, 2.05) is 37.5 Å². The fourth-order valence-corrected chi connectivity index (χ4v) is 2.71. The third kappa shape index (κ3) is 4.57. The van der Waals surface area contributed by atoms with E-state index in [9.17, 15) is 0 Å². The van der Waals surface area contributed by atoms with Gasteiger partial charge in [0.2, 0.25) is 5.95 Å². The Kier molecular flexibility index (Phi) is 5.46. The number of aryl methyl sites for hydroxylation is 3. The van der Waals surface area contributed by atoms with E-state index in [1.165, 1.54) is 16.7 Å². The Morgan fingerprint density at radius 1 is 0.923 bits per heavy atom. The van der Waals surface area contributed by atoms with E-state index in [4.69, 9.17) is 0 Å². The smallest absolute Gasteiger partial charge is 0.229 e. The largest absolute Gasteiger partial charge is 0.359 e. The highest BCUT2D eigenvalue weighted by atomic mass is 15.2. The molecule has 3 aromatic rings. The molecular weight excluding hydrogens is 322 g/mol. The van der Waals surface area contributed by atoms with Crippen LogP contribution in [0.25, 0.3) is 0 Å². The van der Waals surface area contributed by atoms with Crippen molar-refractivity contribution in [2.75, 3.05) is 23.8 Å². The Labute approximate surface area is 155 Å². The number of anilines is 3. The maximum atomic E-state index is 4.68. The molecule has 0 fully saturated rings. The molecule has 2 aromatic heterocycles. The van der Waals surface area contributed by atoms with Crippen LogP contribution in [-0.2, 0) is 6.42 Å². The highest BCUT2D eigenvalue weighted by molar-refractivity contribution is 5.57. The minimum atomic E-state index is 0.624. The van der Waals surface area contributed by atoms with E-state index in [0.717, 1.165) is 30.2 Å². The second-order valence-electron chi connectivity index (χ2n) is 6.64. The third-order valence-corrected chi connectivity index (χ3v) is 4.48. The standard InChI is InChI=1S/C21H25N5/c1-15-5-6-19(13-16(15)2)24-21-23-17(3)14-20(25-21)26(4)12-9-18-7-10-22-11-8-18/h5-8,10-11,13-14H,9,12H2,1-4H3,(H,23,24,25). The van der Waals surface area contributed by atoms with Crippen molar-refractivity contribution in [1.82, 2.24) is 15.0 Å². The molecule has 0 amide bonds. The van der Waals surface area contributed by atoms with Crippen LogP contribution in [0.1, 0.15) is 22.4 Å². The zero-order chi connectivity index (χ0) is 18.5. The van der Waals surface area contributed by atoms with E-state index in [-0.39, 0.29) is 0 Å². The number of hydrogen-bond acceptors (Lipinski definition) is 5. The average Bonchev–Trinajstić information content (AvgIpc) is 2.63. The number of rotatable bonds is 6. The normalized spacial score (nSPS) is 10.6. The summed E-state index contributed by atoms with van der Waals surface area (Å²) < 4.78 is 0. The van der Waals surface area contributed by atoms with Crippen LogP contribution in [0.5, 0.6) is 0 Å². The number of pyridine rings is 1. The van der Waals surface area contributed by atoms with Crippen LogP contribution >= 0.6 is 0 Å². The molecule has 0 atom stereocenters. The summed E-state index contributed by atoms with van der Waals surface area (Å²) in [5.41, 5.74) is 5.74. The first-order chi connectivity index (χ1) is 12.5. The maximum absolute atomic E-state index is 4.68. The summed E-state index contributed by atoms with van der Waals surface area (Å²) in [6.07, 6.45) is 4.60. The van der Waals surface area contributed by atoms with Crippen LogP contribution in [0.2, 0.25) is 0 Å². The lowest BCUT2D eigenvalue weighted by atomic mass is 10.1. The number of benzene rings is 1. The van der Waals surface area contributed by atoms with Crippen molar-refractivity contribution in [2.24, 2.45) is 0 Å². The van der Waals surface area contributed by atoms with E-state index < -0.39 is 0 Å². The molecule has 1 N–H and O–H groups in total. The zero-order valence-corrected chi connectivity index (χ0v) is 15.8. The highest BCUT2D eigenvalue weighted by Gasteiger charge is 2.08. The molecule has 0 saturated carbocycles. The van der Waals surface area contributed by atoms with Crippen molar-refractivity contribution in [3.05, 3.63) is 71.2 Å². The number of aromatic nitrogens is 3. The second-order valence-corrected chi connectivity index (χ2v) is 6.64. The summed E-state index contributed by atoms with van der Waals surface area (Å²) in [5.74, 6) is 1.54. The van der Waals surface area contributed by atoms with Gasteiger partial charge >= 0.3 is 0 Å². The van der Waals surface area contributed by atoms with Crippen LogP contribution in [-0.4, -0.2) is 28.5 Å². The number of hydrogen-bond donors (Lipinski definition) is 1. The first kappa shape index (κ1) is 17.9.